The second-order valence-electron chi connectivity index (χ2n) is 14.9. The van der Waals surface area contributed by atoms with Gasteiger partial charge >= 0.3 is 13.1 Å². The molecule has 0 aromatic heterocycles. The maximum absolute atomic E-state index is 14.2. The van der Waals surface area contributed by atoms with Crippen molar-refractivity contribution in [1.29, 1.82) is 0 Å². The number of aliphatic carboxylic acids is 1. The molecule has 0 saturated carbocycles. The summed E-state index contributed by atoms with van der Waals surface area (Å²) in [5.74, 6) is -3.23. The molecule has 3 aromatic rings. The highest BCUT2D eigenvalue weighted by molar-refractivity contribution is 9.10. The van der Waals surface area contributed by atoms with Crippen molar-refractivity contribution in [2.24, 2.45) is 17.8 Å². The summed E-state index contributed by atoms with van der Waals surface area (Å²) in [4.78, 5) is 40.6. The van der Waals surface area contributed by atoms with Crippen LogP contribution in [0.2, 0.25) is 5.04 Å². The highest BCUT2D eigenvalue weighted by atomic mass is 79.9. The number of halogens is 1. The molecule has 2 saturated heterocycles. The minimum absolute atomic E-state index is 0.0160. The van der Waals surface area contributed by atoms with Gasteiger partial charge in [0.05, 0.1) is 24.5 Å². The Labute approximate surface area is 309 Å². The van der Waals surface area contributed by atoms with Crippen LogP contribution in [0.3, 0.4) is 0 Å². The summed E-state index contributed by atoms with van der Waals surface area (Å²) in [5.41, 5.74) is 1.84. The van der Waals surface area contributed by atoms with Crippen LogP contribution < -0.4 is 10.4 Å². The molecule has 0 radical (unpaired) electrons. The quantitative estimate of drug-likeness (QED) is 0.120. The number of amides is 2. The van der Waals surface area contributed by atoms with E-state index in [0.29, 0.717) is 30.3 Å². The molecule has 51 heavy (non-hydrogen) atoms. The fourth-order valence-corrected chi connectivity index (χ4v) is 13.4. The topological polar surface area (TPSA) is 134 Å². The molecule has 1 aliphatic carbocycles. The SMILES string of the molecule is CC(C)(C)[Si](OCC1=C2B(O)O[C@H](c3cc(Br)ccc3O)C[C@H]2[C@H]2C(=O)N(CCCCCC(=O)O)C(=O)[C@H]2C1)(c1ccccc1)c1ccccc1. The lowest BCUT2D eigenvalue weighted by Crippen LogP contribution is -2.66. The lowest BCUT2D eigenvalue weighted by atomic mass is 9.55. The zero-order valence-corrected chi connectivity index (χ0v) is 31.8. The highest BCUT2D eigenvalue weighted by Gasteiger charge is 2.58. The third-order valence-electron chi connectivity index (χ3n) is 10.8. The van der Waals surface area contributed by atoms with Crippen LogP contribution in [0.5, 0.6) is 5.75 Å². The van der Waals surface area contributed by atoms with E-state index >= 15 is 0 Å². The first-order chi connectivity index (χ1) is 24.3. The lowest BCUT2D eigenvalue weighted by molar-refractivity contribution is -0.141. The van der Waals surface area contributed by atoms with Gasteiger partial charge in [-0.1, -0.05) is 104 Å². The van der Waals surface area contributed by atoms with Gasteiger partial charge in [0.2, 0.25) is 11.8 Å². The van der Waals surface area contributed by atoms with Crippen molar-refractivity contribution >= 4 is 59.5 Å². The van der Waals surface area contributed by atoms with Crippen LogP contribution in [-0.4, -0.2) is 66.5 Å². The zero-order valence-electron chi connectivity index (χ0n) is 29.3. The fourth-order valence-electron chi connectivity index (χ4n) is 8.49. The van der Waals surface area contributed by atoms with Gasteiger partial charge in [-0.15, -0.1) is 0 Å². The van der Waals surface area contributed by atoms with E-state index in [-0.39, 0.29) is 55.0 Å². The predicted molar refractivity (Wildman–Crippen MR) is 201 cm³/mol. The van der Waals surface area contributed by atoms with Crippen LogP contribution in [0.15, 0.2) is 94.4 Å². The average Bonchev–Trinajstić information content (AvgIpc) is 3.34. The van der Waals surface area contributed by atoms with Crippen LogP contribution in [-0.2, 0) is 23.5 Å². The number of likely N-dealkylation sites (tertiary alicyclic amines) is 1. The van der Waals surface area contributed by atoms with Gasteiger partial charge in [0.15, 0.2) is 0 Å². The molecule has 9 nitrogen and oxygen atoms in total. The molecule has 3 aliphatic rings. The van der Waals surface area contributed by atoms with Gasteiger partial charge in [-0.2, -0.15) is 0 Å². The Morgan fingerprint density at radius 3 is 2.22 bits per heavy atom. The molecule has 3 aromatic carbocycles. The van der Waals surface area contributed by atoms with Crippen molar-refractivity contribution in [3.05, 3.63) is 99.9 Å². The van der Waals surface area contributed by atoms with Crippen molar-refractivity contribution in [2.75, 3.05) is 13.2 Å². The Hall–Kier alpha value is -3.55. The molecule has 0 spiro atoms. The number of carboxylic acids is 1. The first kappa shape index (κ1) is 37.2. The van der Waals surface area contributed by atoms with Crippen LogP contribution in [0.25, 0.3) is 0 Å². The van der Waals surface area contributed by atoms with E-state index in [2.05, 4.69) is 61.0 Å². The minimum atomic E-state index is -3.00. The maximum Gasteiger partial charge on any atom is 0.487 e. The smallest absolute Gasteiger partial charge is 0.487 e. The summed E-state index contributed by atoms with van der Waals surface area (Å²) < 4.78 is 14.3. The number of aromatic hydroxyl groups is 1. The number of phenols is 1. The number of carbonyl (C=O) groups excluding carboxylic acids is 2. The van der Waals surface area contributed by atoms with Gasteiger partial charge in [-0.25, -0.2) is 0 Å². The fraction of sp³-hybridized carbons (Fsp3) is 0.410. The number of carboxylic acid groups (broad SMARTS) is 1. The van der Waals surface area contributed by atoms with Crippen molar-refractivity contribution in [3.63, 3.8) is 0 Å². The minimum Gasteiger partial charge on any atom is -0.508 e. The number of nitrogens with zero attached hydrogens (tertiary/aromatic N) is 1. The Balaban J connectivity index is 1.39. The van der Waals surface area contributed by atoms with Crippen molar-refractivity contribution in [3.8, 4) is 5.75 Å². The Kier molecular flexibility index (Phi) is 11.1. The number of phenolic OH excluding ortho intramolecular Hbond substituents is 1. The average molecular weight is 775 g/mol. The Bertz CT molecular complexity index is 1760. The second kappa shape index (κ2) is 15.2. The molecular weight excluding hydrogens is 729 g/mol. The maximum atomic E-state index is 14.2. The monoisotopic (exact) mass is 773 g/mol. The lowest BCUT2D eigenvalue weighted by Gasteiger charge is -2.45. The normalized spacial score (nSPS) is 22.3. The van der Waals surface area contributed by atoms with Gasteiger partial charge in [0.25, 0.3) is 8.32 Å². The number of imide groups is 1. The molecule has 12 heteroatoms. The first-order valence-electron chi connectivity index (χ1n) is 17.7. The molecule has 2 amide bonds. The molecular formula is C39H45BBrNO8Si. The second-order valence-corrected chi connectivity index (χ2v) is 20.1. The third kappa shape index (κ3) is 7.26. The Morgan fingerprint density at radius 2 is 1.61 bits per heavy atom. The molecule has 2 aliphatic heterocycles. The van der Waals surface area contributed by atoms with Crippen LogP contribution in [0.1, 0.15) is 71.0 Å². The number of hydrogen-bond acceptors (Lipinski definition) is 7. The summed E-state index contributed by atoms with van der Waals surface area (Å²) >= 11 is 3.47. The molecule has 0 bridgehead atoms. The van der Waals surface area contributed by atoms with E-state index in [9.17, 15) is 24.5 Å². The van der Waals surface area contributed by atoms with Crippen molar-refractivity contribution in [1.82, 2.24) is 4.90 Å². The van der Waals surface area contributed by atoms with E-state index in [1.54, 1.807) is 18.2 Å². The van der Waals surface area contributed by atoms with Gasteiger partial charge in [-0.3, -0.25) is 19.3 Å². The van der Waals surface area contributed by atoms with E-state index < -0.39 is 45.3 Å². The standard InChI is InChI=1S/C39H45BBrNO8Si/c1-39(2,3)51(27-13-7-4-8-14-27,28-15-9-5-10-16-28)49-24-25-21-31-35(38(47)42(37(31)46)20-12-6-11-17-34(44)45)30-23-33(50-40(48)36(25)30)29-22-26(41)18-19-32(29)43/h4-5,7-10,13-16,18-19,22,30-31,33,35,43,48H,6,11-12,17,20-21,23-24H2,1-3H3,(H,44,45)/t30-,31-,33-,35+/m0/s1. The highest BCUT2D eigenvalue weighted by Crippen LogP contribution is 2.52. The van der Waals surface area contributed by atoms with Gasteiger partial charge in [0, 0.05) is 23.0 Å². The number of fused-ring (bicyclic) bond motifs is 3. The number of carbonyl (C=O) groups is 3. The van der Waals surface area contributed by atoms with E-state index in [0.717, 1.165) is 20.4 Å². The number of allylic oxidation sites excluding steroid dienone is 1. The molecule has 0 unspecified atom stereocenters. The molecule has 4 atom stereocenters. The van der Waals surface area contributed by atoms with Crippen molar-refractivity contribution in [2.45, 2.75) is 70.4 Å². The Morgan fingerprint density at radius 1 is 0.961 bits per heavy atom. The van der Waals surface area contributed by atoms with Crippen LogP contribution >= 0.6 is 15.9 Å². The third-order valence-corrected chi connectivity index (χ3v) is 16.3. The van der Waals surface area contributed by atoms with E-state index in [4.69, 9.17) is 14.2 Å². The molecule has 268 valence electrons. The first-order valence-corrected chi connectivity index (χ1v) is 20.4. The number of rotatable bonds is 12. The summed E-state index contributed by atoms with van der Waals surface area (Å²) in [5, 5.41) is 33.5. The van der Waals surface area contributed by atoms with E-state index in [1.165, 1.54) is 4.90 Å². The molecule has 2 heterocycles. The molecule has 3 N–H and O–H groups in total. The summed E-state index contributed by atoms with van der Waals surface area (Å²) in [6.45, 7) is 6.94. The number of hydrogen-bond donors (Lipinski definition) is 3. The van der Waals surface area contributed by atoms with Crippen molar-refractivity contribution < 1.29 is 38.7 Å². The molecule has 6 rings (SSSR count). The van der Waals surface area contributed by atoms with E-state index in [1.807, 2.05) is 36.4 Å². The van der Waals surface area contributed by atoms with Crippen LogP contribution in [0, 0.1) is 17.8 Å². The zero-order chi connectivity index (χ0) is 36.5. The summed E-state index contributed by atoms with van der Waals surface area (Å²) in [6, 6.07) is 25.5. The van der Waals surface area contributed by atoms with Gasteiger partial charge in [0.1, 0.15) is 5.75 Å². The molecule has 2 fully saturated rings. The summed E-state index contributed by atoms with van der Waals surface area (Å²) in [6.07, 6.45) is 1.42. The summed E-state index contributed by atoms with van der Waals surface area (Å²) in [7, 11) is -4.38. The number of benzene rings is 3. The number of unbranched alkanes of at least 4 members (excludes halogenated alkanes) is 2. The van der Waals surface area contributed by atoms with Crippen LogP contribution in [0.4, 0.5) is 0 Å². The van der Waals surface area contributed by atoms with Gasteiger partial charge < -0.3 is 24.3 Å². The largest absolute Gasteiger partial charge is 0.508 e. The predicted octanol–water partition coefficient (Wildman–Crippen LogP) is 5.78. The van der Waals surface area contributed by atoms with Gasteiger partial charge in [-0.05, 0) is 76.3 Å².